The van der Waals surface area contributed by atoms with Gasteiger partial charge in [0.2, 0.25) is 0 Å². The summed E-state index contributed by atoms with van der Waals surface area (Å²) in [5, 5.41) is 43.2. The van der Waals surface area contributed by atoms with Gasteiger partial charge >= 0.3 is 33.0 Å². The van der Waals surface area contributed by atoms with Crippen LogP contribution in [0.25, 0.3) is 87.6 Å². The molecule has 0 spiro atoms. The Bertz CT molecular complexity index is 5970. The summed E-state index contributed by atoms with van der Waals surface area (Å²) in [6.45, 7) is 23.0. The van der Waals surface area contributed by atoms with Crippen LogP contribution < -0.4 is 31.1 Å². The second kappa shape index (κ2) is 32.1. The van der Waals surface area contributed by atoms with Gasteiger partial charge in [-0.1, -0.05) is 391 Å². The van der Waals surface area contributed by atoms with E-state index in [-0.39, 0.29) is 38.6 Å². The third-order valence-corrected chi connectivity index (χ3v) is 34.7. The first-order valence-electron chi connectivity index (χ1n) is 39.5. The van der Waals surface area contributed by atoms with Gasteiger partial charge in [0.05, 0.1) is 0 Å². The van der Waals surface area contributed by atoms with Crippen molar-refractivity contribution >= 4 is 111 Å². The first kappa shape index (κ1) is 83.0. The van der Waals surface area contributed by atoms with E-state index in [1.54, 1.807) is 0 Å². The van der Waals surface area contributed by atoms with Gasteiger partial charge in [0.15, 0.2) is 16.1 Å². The van der Waals surface area contributed by atoms with E-state index in [1.807, 2.05) is 12.4 Å². The molecule has 0 saturated heterocycles. The van der Waals surface area contributed by atoms with E-state index in [9.17, 15) is 35.4 Å². The molecule has 0 aliphatic carbocycles. The smallest absolute Gasteiger partial charge is 0 e. The first-order chi connectivity index (χ1) is 55.7. The van der Waals surface area contributed by atoms with Crippen molar-refractivity contribution in [2.24, 2.45) is 9.98 Å². The molecule has 0 bridgehead atoms. The Morgan fingerprint density at radius 2 is 0.542 bits per heavy atom. The van der Waals surface area contributed by atoms with Crippen LogP contribution in [-0.2, 0) is 17.1 Å². The van der Waals surface area contributed by atoms with Gasteiger partial charge in [-0.15, -0.1) is 0 Å². The molecule has 16 rings (SSSR count). The van der Waals surface area contributed by atoms with Crippen molar-refractivity contribution in [3.05, 3.63) is 384 Å². The molecule has 16 aromatic carbocycles. The van der Waals surface area contributed by atoms with Gasteiger partial charge in [-0.3, -0.25) is 9.98 Å². The van der Waals surface area contributed by atoms with Crippen molar-refractivity contribution in [1.82, 2.24) is 0 Å². The molecular formula is C104H92F6MnN2O2PSi2-. The summed E-state index contributed by atoms with van der Waals surface area (Å²) < 4.78 is 59.2. The Morgan fingerprint density at radius 1 is 0.297 bits per heavy atom. The van der Waals surface area contributed by atoms with Crippen LogP contribution in [0.1, 0.15) is 98.1 Å². The van der Waals surface area contributed by atoms with Gasteiger partial charge in [-0.25, -0.2) is 0 Å². The Labute approximate surface area is 699 Å². The Kier molecular flexibility index (Phi) is 22.5. The molecule has 0 aliphatic rings. The molecule has 0 unspecified atom stereocenters. The quantitative estimate of drug-likeness (QED) is 0.0314. The number of phenols is 2. The van der Waals surface area contributed by atoms with Crippen molar-refractivity contribution in [3.8, 4) is 56.0 Å². The van der Waals surface area contributed by atoms with Crippen LogP contribution in [-0.4, -0.2) is 38.8 Å². The zero-order valence-corrected chi connectivity index (χ0v) is 71.6. The molecule has 0 aliphatic heterocycles. The number of aromatic hydroxyl groups is 2. The minimum atomic E-state index is -10.7. The van der Waals surface area contributed by atoms with Gasteiger partial charge in [-0.2, -0.15) is 0 Å². The van der Waals surface area contributed by atoms with Crippen molar-refractivity contribution < 1.29 is 52.5 Å². The van der Waals surface area contributed by atoms with E-state index in [4.69, 9.17) is 9.98 Å². The molecule has 2 N–H and O–H groups in total. The van der Waals surface area contributed by atoms with E-state index < -0.39 is 36.0 Å². The zero-order valence-electron chi connectivity index (χ0n) is 67.5. The van der Waals surface area contributed by atoms with Gasteiger partial charge in [0.1, 0.15) is 23.6 Å². The van der Waals surface area contributed by atoms with E-state index in [2.05, 4.69) is 409 Å². The SMILES string of the molecule is Cc1cc(C)cc([C@H](N=Cc2cc3ccccc3c(-c3c(-c4ccc([Si](c5ccccc5)(c5ccccc5)C(C)(C)C)cc4)ccc4ccccc34)c2O)[C@@H](N=Cc2cc3ccccc3c(-c3c(-c4ccc([Si](c5ccccc5)(c5ccccc5)C(C)(C)C)cc4)ccc4ccccc34)c2O)c2cc(C)cc(C)c2)c1.F[P-](F)(F)(F)(F)F.[Mn]. The van der Waals surface area contributed by atoms with Crippen LogP contribution in [0.4, 0.5) is 25.2 Å². The summed E-state index contributed by atoms with van der Waals surface area (Å²) in [6.07, 6.45) is 3.77. The molecule has 0 heterocycles. The molecule has 4 nitrogen and oxygen atoms in total. The number of aryl methyl sites for hydroxylation is 4. The number of hydrogen-bond acceptors (Lipinski definition) is 4. The van der Waals surface area contributed by atoms with Crippen molar-refractivity contribution in [2.75, 3.05) is 0 Å². The molecular weight excluding hydrogens is 1570 g/mol. The summed E-state index contributed by atoms with van der Waals surface area (Å²) in [5.74, 6) is 0.271. The van der Waals surface area contributed by atoms with Crippen LogP contribution in [0.15, 0.2) is 350 Å². The summed E-state index contributed by atoms with van der Waals surface area (Å²) in [5.41, 5.74) is 15.0. The van der Waals surface area contributed by atoms with E-state index in [0.29, 0.717) is 11.1 Å². The molecule has 2 atom stereocenters. The minimum absolute atomic E-state index is 0. The summed E-state index contributed by atoms with van der Waals surface area (Å²) in [6, 6.07) is 122. The maximum absolute atomic E-state index is 13.6. The molecule has 0 saturated carbocycles. The number of rotatable bonds is 17. The van der Waals surface area contributed by atoms with Crippen LogP contribution in [0.2, 0.25) is 10.1 Å². The van der Waals surface area contributed by atoms with Crippen LogP contribution in [0.5, 0.6) is 11.5 Å². The van der Waals surface area contributed by atoms with Crippen LogP contribution in [0, 0.1) is 27.7 Å². The Morgan fingerprint density at radius 3 is 0.822 bits per heavy atom. The van der Waals surface area contributed by atoms with Gasteiger partial charge < -0.3 is 10.2 Å². The average Bonchev–Trinajstić information content (AvgIpc) is 0.731. The van der Waals surface area contributed by atoms with Crippen molar-refractivity contribution in [2.45, 2.75) is 91.4 Å². The molecule has 0 amide bonds. The normalized spacial score (nSPS) is 13.4. The number of benzene rings is 16. The van der Waals surface area contributed by atoms with Crippen LogP contribution >= 0.6 is 7.81 Å². The molecule has 0 fully saturated rings. The molecule has 1 radical (unpaired) electrons. The number of aliphatic imine (C=N–C) groups is 2. The number of phenolic OH excluding ortho intramolecular Hbond substituents is 2. The number of nitrogens with zero attached hydrogens (tertiary/aromatic N) is 2. The maximum atomic E-state index is 13.6. The van der Waals surface area contributed by atoms with E-state index in [1.165, 1.54) is 31.1 Å². The van der Waals surface area contributed by atoms with Gasteiger partial charge in [0.25, 0.3) is 0 Å². The number of fused-ring (bicyclic) bond motifs is 4. The van der Waals surface area contributed by atoms with E-state index in [0.717, 1.165) is 121 Å². The Hall–Kier alpha value is -11.5. The Balaban J connectivity index is 0.00000137. The monoisotopic (exact) mass is 1660 g/mol. The second-order valence-electron chi connectivity index (χ2n) is 33.1. The molecule has 593 valence electrons. The fourth-order valence-corrected chi connectivity index (χ4v) is 29.8. The van der Waals surface area contributed by atoms with Gasteiger partial charge in [-0.05, 0) is 157 Å². The third-order valence-electron chi connectivity index (χ3n) is 23.0. The fourth-order valence-electron chi connectivity index (χ4n) is 18.5. The molecule has 14 heteroatoms. The maximum Gasteiger partial charge on any atom is 0 e. The largest absolute Gasteiger partial charge is 0 e. The topological polar surface area (TPSA) is 65.2 Å². The predicted octanol–water partition coefficient (Wildman–Crippen LogP) is 26.6. The van der Waals surface area contributed by atoms with E-state index >= 15 is 0 Å². The number of hydrogen-bond donors (Lipinski definition) is 2. The first-order valence-corrected chi connectivity index (χ1v) is 45.5. The van der Waals surface area contributed by atoms with Gasteiger partial charge in [0, 0.05) is 62.9 Å². The standard InChI is InChI=1S/C104H92N2O2Si2.F6P.Mn/c1-69-59-70(2)62-79(61-69)99(105-67-81-65-77-33-25-29-45-91(77)97(101(81)107)95-89-43-27-23-31-73(89)51-57-93(95)75-47-53-87(54-48-75)109(103(5,6)7,83-35-15-11-16-36-83)84-37-17-12-18-38-84)100(80-63-71(3)60-72(4)64-80)106-68-82-66-78-34-26-30-46-92(78)98(102(82)108)96-90-44-28-24-32-74(90)52-58-94(96)76-49-55-88(56-50-76)110(104(8,9)10,85-39-19-13-20-40-85)86-41-21-14-22-42-86;1-7(2,3,4,5)6;/h11-68,99-100,107-108H,1-10H3;;/q;-1;/t99-,100-;;/m0../s1. The molecule has 0 aromatic heterocycles. The predicted molar refractivity (Wildman–Crippen MR) is 489 cm³/mol. The summed E-state index contributed by atoms with van der Waals surface area (Å²) >= 11 is 0. The second-order valence-corrected chi connectivity index (χ2v) is 44.5. The number of halogens is 6. The summed E-state index contributed by atoms with van der Waals surface area (Å²) in [4.78, 5) is 11.5. The van der Waals surface area contributed by atoms with Crippen LogP contribution in [0.3, 0.4) is 0 Å². The van der Waals surface area contributed by atoms with Crippen molar-refractivity contribution in [3.63, 3.8) is 0 Å². The van der Waals surface area contributed by atoms with Crippen molar-refractivity contribution in [1.29, 1.82) is 0 Å². The molecule has 118 heavy (non-hydrogen) atoms. The third kappa shape index (κ3) is 16.7. The minimum Gasteiger partial charge on any atom is 0 e. The molecule has 16 aromatic rings. The zero-order chi connectivity index (χ0) is 82.5. The fraction of sp³-hybridized carbons (Fsp3) is 0.135. The average molecular weight is 1660 g/mol. The summed E-state index contributed by atoms with van der Waals surface area (Å²) in [7, 11) is -16.0.